The molecule has 1 fully saturated rings. The van der Waals surface area contributed by atoms with Gasteiger partial charge in [0.2, 0.25) is 0 Å². The number of carbonyl (C=O) groups is 2. The minimum atomic E-state index is -0.622. The van der Waals surface area contributed by atoms with Gasteiger partial charge in [-0.15, -0.1) is 0 Å². The van der Waals surface area contributed by atoms with Gasteiger partial charge < -0.3 is 19.4 Å². The van der Waals surface area contributed by atoms with Crippen LogP contribution in [0.2, 0.25) is 0 Å². The third-order valence-electron chi connectivity index (χ3n) is 4.62. The largest absolute Gasteiger partial charge is 0.495 e. The first-order chi connectivity index (χ1) is 13.3. The number of nitro benzene ring substituents is 1. The Morgan fingerprint density at radius 2 is 2.00 bits per heavy atom. The smallest absolute Gasteiger partial charge is 0.340 e. The Morgan fingerprint density at radius 3 is 2.61 bits per heavy atom. The lowest BCUT2D eigenvalue weighted by Crippen LogP contribution is -2.21. The van der Waals surface area contributed by atoms with Crippen LogP contribution in [0.4, 0.5) is 11.4 Å². The van der Waals surface area contributed by atoms with Crippen molar-refractivity contribution in [3.63, 3.8) is 0 Å². The molecule has 3 rings (SSSR count). The van der Waals surface area contributed by atoms with E-state index in [1.54, 1.807) is 6.07 Å². The quantitative estimate of drug-likeness (QED) is 0.444. The fourth-order valence-corrected chi connectivity index (χ4v) is 3.18. The number of non-ortho nitro benzene ring substituents is 1. The summed E-state index contributed by atoms with van der Waals surface area (Å²) in [5, 5.41) is 13.4. The molecule has 1 aliphatic rings. The highest BCUT2D eigenvalue weighted by molar-refractivity contribution is 5.97. The molecule has 9 nitrogen and oxygen atoms in total. The number of hydrogen-bond donors (Lipinski definition) is 1. The first-order valence-corrected chi connectivity index (χ1v) is 8.79. The third kappa shape index (κ3) is 3.98. The fraction of sp³-hybridized carbons (Fsp3) is 0.368. The number of aryl methyl sites for hydroxylation is 1. The molecule has 0 atom stereocenters. The van der Waals surface area contributed by atoms with Gasteiger partial charge in [0.1, 0.15) is 5.75 Å². The van der Waals surface area contributed by atoms with Crippen molar-refractivity contribution in [1.82, 2.24) is 4.57 Å². The highest BCUT2D eigenvalue weighted by Gasteiger charge is 2.29. The van der Waals surface area contributed by atoms with Gasteiger partial charge in [-0.1, -0.05) is 0 Å². The second kappa shape index (κ2) is 7.71. The number of nitro groups is 1. The summed E-state index contributed by atoms with van der Waals surface area (Å²) in [7, 11) is 1.38. The highest BCUT2D eigenvalue weighted by Crippen LogP contribution is 2.38. The molecule has 1 aromatic carbocycles. The van der Waals surface area contributed by atoms with Gasteiger partial charge in [-0.2, -0.15) is 0 Å². The van der Waals surface area contributed by atoms with Gasteiger partial charge in [-0.3, -0.25) is 14.9 Å². The molecule has 0 spiro atoms. The number of amides is 1. The summed E-state index contributed by atoms with van der Waals surface area (Å²) in [6, 6.07) is 6.03. The van der Waals surface area contributed by atoms with Crippen molar-refractivity contribution in [2.75, 3.05) is 19.0 Å². The summed E-state index contributed by atoms with van der Waals surface area (Å²) in [5.41, 5.74) is 2.18. The summed E-state index contributed by atoms with van der Waals surface area (Å²) in [6.45, 7) is 3.27. The van der Waals surface area contributed by atoms with Crippen molar-refractivity contribution in [3.8, 4) is 5.75 Å². The van der Waals surface area contributed by atoms with E-state index in [0.717, 1.165) is 24.2 Å². The number of hydrogen-bond acceptors (Lipinski definition) is 6. The van der Waals surface area contributed by atoms with Crippen molar-refractivity contribution in [2.45, 2.75) is 32.7 Å². The Bertz CT molecular complexity index is 945. The Kier molecular flexibility index (Phi) is 5.34. The summed E-state index contributed by atoms with van der Waals surface area (Å²) >= 11 is 0. The topological polar surface area (TPSA) is 113 Å². The van der Waals surface area contributed by atoms with E-state index < -0.39 is 23.4 Å². The van der Waals surface area contributed by atoms with E-state index in [2.05, 4.69) is 9.88 Å². The average molecular weight is 387 g/mol. The molecule has 1 saturated carbocycles. The van der Waals surface area contributed by atoms with E-state index in [0.29, 0.717) is 11.6 Å². The number of rotatable bonds is 7. The number of anilines is 1. The second-order valence-corrected chi connectivity index (χ2v) is 6.65. The molecule has 1 amide bonds. The van der Waals surface area contributed by atoms with Gasteiger partial charge in [-0.25, -0.2) is 4.79 Å². The minimum Gasteiger partial charge on any atom is -0.495 e. The number of nitrogens with zero attached hydrogens (tertiary/aromatic N) is 2. The monoisotopic (exact) mass is 387 g/mol. The molecular formula is C19H21N3O6. The molecule has 1 aliphatic carbocycles. The number of nitrogens with one attached hydrogen (secondary N) is 1. The number of carbonyl (C=O) groups excluding carboxylic acids is 2. The second-order valence-electron chi connectivity index (χ2n) is 6.65. The average Bonchev–Trinajstić information content (AvgIpc) is 3.44. The SMILES string of the molecule is COc1ccc([N+](=O)[O-])cc1NC(=O)COC(=O)c1cc(C)n(C2CC2)c1C. The van der Waals surface area contributed by atoms with Crippen LogP contribution >= 0.6 is 0 Å². The standard InChI is InChI=1S/C19H21N3O6/c1-11-8-15(12(2)21(11)13-4-5-13)19(24)28-10-18(23)20-16-9-14(22(25)26)6-7-17(16)27-3/h6-9,13H,4-5,10H2,1-3H3,(H,20,23). The molecule has 2 aromatic rings. The minimum absolute atomic E-state index is 0.129. The molecule has 0 aliphatic heterocycles. The van der Waals surface area contributed by atoms with Crippen LogP contribution in [0.25, 0.3) is 0 Å². The lowest BCUT2D eigenvalue weighted by atomic mass is 10.2. The summed E-state index contributed by atoms with van der Waals surface area (Å²) in [5.74, 6) is -0.942. The van der Waals surface area contributed by atoms with Gasteiger partial charge in [0.05, 0.1) is 23.3 Å². The number of aromatic nitrogens is 1. The Morgan fingerprint density at radius 1 is 1.29 bits per heavy atom. The van der Waals surface area contributed by atoms with E-state index in [9.17, 15) is 19.7 Å². The number of methoxy groups -OCH3 is 1. The van der Waals surface area contributed by atoms with Crippen LogP contribution in [-0.4, -0.2) is 35.1 Å². The van der Waals surface area contributed by atoms with E-state index in [1.165, 1.54) is 25.3 Å². The zero-order chi connectivity index (χ0) is 20.4. The van der Waals surface area contributed by atoms with E-state index in [1.807, 2.05) is 13.8 Å². The van der Waals surface area contributed by atoms with Crippen molar-refractivity contribution in [1.29, 1.82) is 0 Å². The lowest BCUT2D eigenvalue weighted by Gasteiger charge is -2.10. The van der Waals surface area contributed by atoms with Crippen molar-refractivity contribution < 1.29 is 24.0 Å². The Hall–Kier alpha value is -3.36. The molecule has 0 bridgehead atoms. The number of benzene rings is 1. The maximum atomic E-state index is 12.4. The van der Waals surface area contributed by atoms with Gasteiger partial charge in [0.15, 0.2) is 6.61 Å². The predicted octanol–water partition coefficient (Wildman–Crippen LogP) is 3.15. The molecule has 0 saturated heterocycles. The van der Waals surface area contributed by atoms with Crippen LogP contribution in [0.15, 0.2) is 24.3 Å². The van der Waals surface area contributed by atoms with Crippen LogP contribution in [0.1, 0.15) is 40.6 Å². The summed E-state index contributed by atoms with van der Waals surface area (Å²) in [4.78, 5) is 34.8. The van der Waals surface area contributed by atoms with Crippen molar-refractivity contribution in [2.24, 2.45) is 0 Å². The molecule has 1 N–H and O–H groups in total. The number of ether oxygens (including phenoxy) is 2. The lowest BCUT2D eigenvalue weighted by molar-refractivity contribution is -0.384. The summed E-state index contributed by atoms with van der Waals surface area (Å²) in [6.07, 6.45) is 2.19. The maximum Gasteiger partial charge on any atom is 0.340 e. The zero-order valence-corrected chi connectivity index (χ0v) is 15.9. The zero-order valence-electron chi connectivity index (χ0n) is 15.9. The Balaban J connectivity index is 1.65. The molecule has 148 valence electrons. The van der Waals surface area contributed by atoms with Gasteiger partial charge in [-0.05, 0) is 38.8 Å². The summed E-state index contributed by atoms with van der Waals surface area (Å²) < 4.78 is 12.3. The van der Waals surface area contributed by atoms with Gasteiger partial charge in [0, 0.05) is 29.6 Å². The van der Waals surface area contributed by atoms with Crippen molar-refractivity contribution in [3.05, 3.63) is 51.3 Å². The van der Waals surface area contributed by atoms with Gasteiger partial charge in [0.25, 0.3) is 11.6 Å². The molecular weight excluding hydrogens is 366 g/mol. The van der Waals surface area contributed by atoms with E-state index in [-0.39, 0.29) is 17.1 Å². The maximum absolute atomic E-state index is 12.4. The third-order valence-corrected chi connectivity index (χ3v) is 4.62. The molecule has 1 aromatic heterocycles. The molecule has 1 heterocycles. The highest BCUT2D eigenvalue weighted by atomic mass is 16.6. The van der Waals surface area contributed by atoms with Crippen LogP contribution < -0.4 is 10.1 Å². The molecule has 0 unspecified atom stereocenters. The van der Waals surface area contributed by atoms with Crippen LogP contribution in [0.3, 0.4) is 0 Å². The first kappa shape index (κ1) is 19.4. The molecule has 0 radical (unpaired) electrons. The normalized spacial score (nSPS) is 13.1. The van der Waals surface area contributed by atoms with Crippen molar-refractivity contribution >= 4 is 23.3 Å². The Labute approximate surface area is 161 Å². The van der Waals surface area contributed by atoms with Crippen LogP contribution in [0.5, 0.6) is 5.75 Å². The molecule has 9 heteroatoms. The van der Waals surface area contributed by atoms with Gasteiger partial charge >= 0.3 is 5.97 Å². The first-order valence-electron chi connectivity index (χ1n) is 8.79. The van der Waals surface area contributed by atoms with E-state index in [4.69, 9.17) is 9.47 Å². The van der Waals surface area contributed by atoms with Crippen LogP contribution in [-0.2, 0) is 9.53 Å². The number of esters is 1. The predicted molar refractivity (Wildman–Crippen MR) is 101 cm³/mol. The van der Waals surface area contributed by atoms with Crippen LogP contribution in [0, 0.1) is 24.0 Å². The molecule has 28 heavy (non-hydrogen) atoms. The van der Waals surface area contributed by atoms with E-state index >= 15 is 0 Å². The fourth-order valence-electron chi connectivity index (χ4n) is 3.18.